The summed E-state index contributed by atoms with van der Waals surface area (Å²) in [5, 5.41) is 9.66. The second-order valence-corrected chi connectivity index (χ2v) is 5.12. The van der Waals surface area contributed by atoms with E-state index in [2.05, 4.69) is 36.4 Å². The Bertz CT molecular complexity index is 802. The quantitative estimate of drug-likeness (QED) is 0.795. The largest absolute Gasteiger partial charge is 0.502 e. The molecule has 1 N–H and O–H groups in total. The van der Waals surface area contributed by atoms with Gasteiger partial charge in [-0.15, -0.1) is 0 Å². The lowest BCUT2D eigenvalue weighted by Gasteiger charge is -2.05. The Kier molecular flexibility index (Phi) is 4.05. The zero-order valence-electron chi connectivity index (χ0n) is 12.0. The molecule has 3 rings (SSSR count). The lowest BCUT2D eigenvalue weighted by molar-refractivity contribution is 0.399. The summed E-state index contributed by atoms with van der Waals surface area (Å²) in [5.41, 5.74) is 3.07. The van der Waals surface area contributed by atoms with Gasteiger partial charge in [0.05, 0.1) is 6.26 Å². The van der Waals surface area contributed by atoms with Gasteiger partial charge in [-0.3, -0.25) is 4.79 Å². The molecule has 3 heteroatoms. The standard InChI is InChI=1S/C19H16O3/c20-17-12-13-22-18(19(17)21)11-8-14-6-9-16(10-7-14)15-4-2-1-3-5-15/h1-7,9-10,12-13,21H,8,11H2. The number of aryl methyl sites for hydroxylation is 2. The third-order valence-corrected chi connectivity index (χ3v) is 3.63. The minimum absolute atomic E-state index is 0.289. The van der Waals surface area contributed by atoms with Gasteiger partial charge in [0.25, 0.3) is 0 Å². The van der Waals surface area contributed by atoms with E-state index in [4.69, 9.17) is 4.42 Å². The molecule has 0 aliphatic carbocycles. The van der Waals surface area contributed by atoms with Gasteiger partial charge in [0.1, 0.15) is 5.76 Å². The molecule has 2 aromatic carbocycles. The molecular weight excluding hydrogens is 276 g/mol. The average Bonchev–Trinajstić information content (AvgIpc) is 2.57. The molecule has 0 fully saturated rings. The monoisotopic (exact) mass is 292 g/mol. The Hall–Kier alpha value is -2.81. The fourth-order valence-electron chi connectivity index (χ4n) is 2.38. The van der Waals surface area contributed by atoms with Gasteiger partial charge in [-0.05, 0) is 23.1 Å². The van der Waals surface area contributed by atoms with E-state index < -0.39 is 5.43 Å². The molecular formula is C19H16O3. The third kappa shape index (κ3) is 3.09. The van der Waals surface area contributed by atoms with Crippen LogP contribution in [0.3, 0.4) is 0 Å². The van der Waals surface area contributed by atoms with Gasteiger partial charge >= 0.3 is 0 Å². The van der Waals surface area contributed by atoms with Crippen LogP contribution < -0.4 is 5.43 Å². The van der Waals surface area contributed by atoms with Gasteiger partial charge in [-0.25, -0.2) is 0 Å². The fraction of sp³-hybridized carbons (Fsp3) is 0.105. The highest BCUT2D eigenvalue weighted by molar-refractivity contribution is 5.63. The zero-order valence-corrected chi connectivity index (χ0v) is 12.0. The molecule has 0 radical (unpaired) electrons. The maximum Gasteiger partial charge on any atom is 0.226 e. The van der Waals surface area contributed by atoms with Crippen LogP contribution in [-0.2, 0) is 12.8 Å². The normalized spacial score (nSPS) is 10.5. The number of hydrogen-bond acceptors (Lipinski definition) is 3. The van der Waals surface area contributed by atoms with Gasteiger partial charge in [0.2, 0.25) is 11.2 Å². The summed E-state index contributed by atoms with van der Waals surface area (Å²) in [6, 6.07) is 19.7. The summed E-state index contributed by atoms with van der Waals surface area (Å²) < 4.78 is 5.20. The van der Waals surface area contributed by atoms with Crippen LogP contribution in [0.4, 0.5) is 0 Å². The summed E-state index contributed by atoms with van der Waals surface area (Å²) in [6.07, 6.45) is 2.51. The van der Waals surface area contributed by atoms with E-state index in [0.29, 0.717) is 18.6 Å². The van der Waals surface area contributed by atoms with Crippen LogP contribution in [0.25, 0.3) is 11.1 Å². The van der Waals surface area contributed by atoms with Crippen molar-refractivity contribution in [1.29, 1.82) is 0 Å². The maximum absolute atomic E-state index is 11.3. The molecule has 3 aromatic rings. The van der Waals surface area contributed by atoms with E-state index in [9.17, 15) is 9.90 Å². The highest BCUT2D eigenvalue weighted by Gasteiger charge is 2.07. The van der Waals surface area contributed by atoms with Crippen molar-refractivity contribution >= 4 is 0 Å². The SMILES string of the molecule is O=c1ccoc(CCc2ccc(-c3ccccc3)cc2)c1O. The molecule has 0 amide bonds. The fourth-order valence-corrected chi connectivity index (χ4v) is 2.38. The van der Waals surface area contributed by atoms with E-state index in [1.54, 1.807) is 0 Å². The Morgan fingerprint density at radius 1 is 0.818 bits per heavy atom. The number of rotatable bonds is 4. The Morgan fingerprint density at radius 3 is 2.23 bits per heavy atom. The molecule has 1 heterocycles. The van der Waals surface area contributed by atoms with Crippen molar-refractivity contribution in [3.8, 4) is 16.9 Å². The second-order valence-electron chi connectivity index (χ2n) is 5.12. The van der Waals surface area contributed by atoms with E-state index in [1.807, 2.05) is 18.2 Å². The van der Waals surface area contributed by atoms with Gasteiger partial charge in [0.15, 0.2) is 0 Å². The number of hydrogen-bond donors (Lipinski definition) is 1. The third-order valence-electron chi connectivity index (χ3n) is 3.63. The maximum atomic E-state index is 11.3. The first-order valence-electron chi connectivity index (χ1n) is 7.18. The van der Waals surface area contributed by atoms with Crippen molar-refractivity contribution in [3.05, 3.63) is 88.5 Å². The summed E-state index contributed by atoms with van der Waals surface area (Å²) >= 11 is 0. The van der Waals surface area contributed by atoms with E-state index in [0.717, 1.165) is 5.56 Å². The summed E-state index contributed by atoms with van der Waals surface area (Å²) in [7, 11) is 0. The second kappa shape index (κ2) is 6.31. The van der Waals surface area contributed by atoms with Crippen LogP contribution in [0.5, 0.6) is 5.75 Å². The first-order chi connectivity index (χ1) is 10.7. The molecule has 0 aliphatic heterocycles. The van der Waals surface area contributed by atoms with Crippen LogP contribution >= 0.6 is 0 Å². The lowest BCUT2D eigenvalue weighted by Crippen LogP contribution is -2.02. The van der Waals surface area contributed by atoms with Crippen molar-refractivity contribution < 1.29 is 9.52 Å². The Balaban J connectivity index is 1.72. The van der Waals surface area contributed by atoms with Gasteiger partial charge < -0.3 is 9.52 Å². The molecule has 0 unspecified atom stereocenters. The summed E-state index contributed by atoms with van der Waals surface area (Å²) in [4.78, 5) is 11.3. The molecule has 0 aliphatic rings. The summed E-state index contributed by atoms with van der Waals surface area (Å²) in [6.45, 7) is 0. The van der Waals surface area contributed by atoms with Crippen LogP contribution in [0, 0.1) is 0 Å². The molecule has 0 spiro atoms. The van der Waals surface area contributed by atoms with Crippen molar-refractivity contribution in [2.24, 2.45) is 0 Å². The molecule has 0 saturated heterocycles. The van der Waals surface area contributed by atoms with Crippen LogP contribution in [0.1, 0.15) is 11.3 Å². The van der Waals surface area contributed by atoms with E-state index >= 15 is 0 Å². The van der Waals surface area contributed by atoms with Gasteiger partial charge in [-0.2, -0.15) is 0 Å². The van der Waals surface area contributed by atoms with Crippen molar-refractivity contribution in [3.63, 3.8) is 0 Å². The minimum Gasteiger partial charge on any atom is -0.502 e. The predicted molar refractivity (Wildman–Crippen MR) is 85.9 cm³/mol. The van der Waals surface area contributed by atoms with Crippen LogP contribution in [-0.4, -0.2) is 5.11 Å². The molecule has 110 valence electrons. The molecule has 0 saturated carbocycles. The minimum atomic E-state index is -0.402. The number of benzene rings is 2. The van der Waals surface area contributed by atoms with Crippen molar-refractivity contribution in [2.45, 2.75) is 12.8 Å². The summed E-state index contributed by atoms with van der Waals surface area (Å²) in [5.74, 6) is 0.0445. The average molecular weight is 292 g/mol. The topological polar surface area (TPSA) is 50.4 Å². The predicted octanol–water partition coefficient (Wildman–Crippen LogP) is 3.80. The van der Waals surface area contributed by atoms with Gasteiger partial charge in [-0.1, -0.05) is 54.6 Å². The smallest absolute Gasteiger partial charge is 0.226 e. The van der Waals surface area contributed by atoms with Crippen molar-refractivity contribution in [2.75, 3.05) is 0 Å². The highest BCUT2D eigenvalue weighted by Crippen LogP contribution is 2.20. The van der Waals surface area contributed by atoms with E-state index in [-0.39, 0.29) is 5.75 Å². The van der Waals surface area contributed by atoms with Crippen molar-refractivity contribution in [1.82, 2.24) is 0 Å². The van der Waals surface area contributed by atoms with Gasteiger partial charge in [0, 0.05) is 12.5 Å². The molecule has 3 nitrogen and oxygen atoms in total. The highest BCUT2D eigenvalue weighted by atomic mass is 16.4. The molecule has 0 atom stereocenters. The first-order valence-corrected chi connectivity index (χ1v) is 7.18. The Morgan fingerprint density at radius 2 is 1.50 bits per heavy atom. The van der Waals surface area contributed by atoms with Crippen LogP contribution in [0.15, 0.2) is 76.1 Å². The molecule has 0 bridgehead atoms. The first kappa shape index (κ1) is 14.1. The number of aromatic hydroxyl groups is 1. The lowest BCUT2D eigenvalue weighted by atomic mass is 10.0. The van der Waals surface area contributed by atoms with Crippen LogP contribution in [0.2, 0.25) is 0 Å². The zero-order chi connectivity index (χ0) is 15.4. The Labute approximate surface area is 128 Å². The molecule has 22 heavy (non-hydrogen) atoms. The molecule has 1 aromatic heterocycles. The van der Waals surface area contributed by atoms with E-state index in [1.165, 1.54) is 23.5 Å².